The Bertz CT molecular complexity index is 319. The van der Waals surface area contributed by atoms with E-state index in [-0.39, 0.29) is 12.2 Å². The van der Waals surface area contributed by atoms with Gasteiger partial charge in [-0.25, -0.2) is 4.39 Å². The second kappa shape index (κ2) is 4.04. The minimum Gasteiger partial charge on any atom is -0.505 e. The number of benzene rings is 1. The van der Waals surface area contributed by atoms with Gasteiger partial charge in [0.1, 0.15) is 0 Å². The number of rotatable bonds is 2. The number of aromatic hydroxyl groups is 1. The molecule has 0 aliphatic rings. The van der Waals surface area contributed by atoms with Crippen molar-refractivity contribution in [2.45, 2.75) is 6.04 Å². The van der Waals surface area contributed by atoms with Crippen LogP contribution in [0.2, 0.25) is 0 Å². The van der Waals surface area contributed by atoms with Gasteiger partial charge in [-0.3, -0.25) is 0 Å². The Balaban J connectivity index is 3.25. The normalized spacial score (nSPS) is 12.9. The molecule has 13 heavy (non-hydrogen) atoms. The summed E-state index contributed by atoms with van der Waals surface area (Å²) in [6.45, 7) is -0.352. The van der Waals surface area contributed by atoms with Crippen molar-refractivity contribution in [1.82, 2.24) is 0 Å². The number of halogens is 2. The van der Waals surface area contributed by atoms with Crippen molar-refractivity contribution in [3.8, 4) is 5.75 Å². The van der Waals surface area contributed by atoms with E-state index in [0.29, 0.717) is 4.47 Å². The van der Waals surface area contributed by atoms with Gasteiger partial charge in [0.2, 0.25) is 0 Å². The minimum atomic E-state index is -0.787. The topological polar surface area (TPSA) is 66.5 Å². The number of hydrogen-bond acceptors (Lipinski definition) is 3. The van der Waals surface area contributed by atoms with Crippen molar-refractivity contribution in [3.63, 3.8) is 0 Å². The first-order chi connectivity index (χ1) is 6.07. The van der Waals surface area contributed by atoms with E-state index in [0.717, 1.165) is 6.07 Å². The summed E-state index contributed by atoms with van der Waals surface area (Å²) in [5.41, 5.74) is 5.64. The molecule has 0 radical (unpaired) electrons. The van der Waals surface area contributed by atoms with E-state index in [2.05, 4.69) is 15.9 Å². The predicted octanol–water partition coefficient (Wildman–Crippen LogP) is 1.29. The third-order valence-electron chi connectivity index (χ3n) is 1.68. The number of nitrogens with two attached hydrogens (primary N) is 1. The molecule has 0 aliphatic carbocycles. The Morgan fingerprint density at radius 1 is 1.54 bits per heavy atom. The number of hydrogen-bond donors (Lipinski definition) is 3. The van der Waals surface area contributed by atoms with Gasteiger partial charge in [-0.15, -0.1) is 0 Å². The van der Waals surface area contributed by atoms with Gasteiger partial charge in [0, 0.05) is 10.0 Å². The SMILES string of the molecule is N[C@@H](CO)c1c(Br)ccc(F)c1O. The fourth-order valence-corrected chi connectivity index (χ4v) is 1.61. The fraction of sp³-hybridized carbons (Fsp3) is 0.250. The van der Waals surface area contributed by atoms with E-state index in [4.69, 9.17) is 10.8 Å². The number of phenols is 1. The Morgan fingerprint density at radius 2 is 2.15 bits per heavy atom. The van der Waals surface area contributed by atoms with E-state index in [1.54, 1.807) is 0 Å². The molecule has 0 saturated carbocycles. The predicted molar refractivity (Wildman–Crippen MR) is 49.8 cm³/mol. The molecule has 0 bridgehead atoms. The highest BCUT2D eigenvalue weighted by Crippen LogP contribution is 2.32. The van der Waals surface area contributed by atoms with Crippen LogP contribution < -0.4 is 5.73 Å². The highest BCUT2D eigenvalue weighted by atomic mass is 79.9. The van der Waals surface area contributed by atoms with Gasteiger partial charge in [-0.1, -0.05) is 15.9 Å². The highest BCUT2D eigenvalue weighted by Gasteiger charge is 2.16. The molecule has 0 saturated heterocycles. The maximum absolute atomic E-state index is 12.8. The van der Waals surface area contributed by atoms with Crippen LogP contribution in [0, 0.1) is 5.82 Å². The smallest absolute Gasteiger partial charge is 0.165 e. The van der Waals surface area contributed by atoms with E-state index in [9.17, 15) is 9.50 Å². The van der Waals surface area contributed by atoms with Crippen LogP contribution in [-0.4, -0.2) is 16.8 Å². The van der Waals surface area contributed by atoms with Gasteiger partial charge in [-0.2, -0.15) is 0 Å². The molecule has 4 N–H and O–H groups in total. The van der Waals surface area contributed by atoms with E-state index in [1.165, 1.54) is 6.07 Å². The molecule has 1 atom stereocenters. The molecule has 1 aromatic rings. The van der Waals surface area contributed by atoms with Gasteiger partial charge >= 0.3 is 0 Å². The molecule has 0 amide bonds. The van der Waals surface area contributed by atoms with Crippen LogP contribution in [0.3, 0.4) is 0 Å². The van der Waals surface area contributed by atoms with Crippen LogP contribution in [0.4, 0.5) is 4.39 Å². The Hall–Kier alpha value is -0.650. The molecule has 1 aromatic carbocycles. The van der Waals surface area contributed by atoms with Crippen LogP contribution in [0.15, 0.2) is 16.6 Å². The van der Waals surface area contributed by atoms with Gasteiger partial charge in [0.15, 0.2) is 11.6 Å². The lowest BCUT2D eigenvalue weighted by Gasteiger charge is -2.12. The van der Waals surface area contributed by atoms with E-state index in [1.807, 2.05) is 0 Å². The molecule has 3 nitrogen and oxygen atoms in total. The lowest BCUT2D eigenvalue weighted by Crippen LogP contribution is -2.15. The summed E-state index contributed by atoms with van der Waals surface area (Å²) >= 11 is 3.10. The lowest BCUT2D eigenvalue weighted by molar-refractivity contribution is 0.264. The van der Waals surface area contributed by atoms with E-state index >= 15 is 0 Å². The van der Waals surface area contributed by atoms with Crippen LogP contribution in [0.1, 0.15) is 11.6 Å². The molecule has 1 rings (SSSR count). The first kappa shape index (κ1) is 10.4. The van der Waals surface area contributed by atoms with Crippen LogP contribution >= 0.6 is 15.9 Å². The number of aliphatic hydroxyl groups excluding tert-OH is 1. The molecule has 0 spiro atoms. The maximum Gasteiger partial charge on any atom is 0.165 e. The van der Waals surface area contributed by atoms with Crippen molar-refractivity contribution in [2.24, 2.45) is 5.73 Å². The van der Waals surface area contributed by atoms with Gasteiger partial charge < -0.3 is 15.9 Å². The number of phenolic OH excluding ortho intramolecular Hbond substituents is 1. The van der Waals surface area contributed by atoms with E-state index < -0.39 is 17.6 Å². The third kappa shape index (κ3) is 1.99. The lowest BCUT2D eigenvalue weighted by atomic mass is 10.1. The zero-order chi connectivity index (χ0) is 10.0. The number of aliphatic hydroxyl groups is 1. The van der Waals surface area contributed by atoms with Gasteiger partial charge in [0.25, 0.3) is 0 Å². The monoisotopic (exact) mass is 249 g/mol. The molecule has 0 aromatic heterocycles. The van der Waals surface area contributed by atoms with Crippen LogP contribution in [0.25, 0.3) is 0 Å². The van der Waals surface area contributed by atoms with Crippen molar-refractivity contribution in [3.05, 3.63) is 28.0 Å². The zero-order valence-corrected chi connectivity index (χ0v) is 8.25. The highest BCUT2D eigenvalue weighted by molar-refractivity contribution is 9.10. The Kier molecular flexibility index (Phi) is 3.24. The molecule has 0 aliphatic heterocycles. The summed E-state index contributed by atoms with van der Waals surface area (Å²) in [5, 5.41) is 18.0. The largest absolute Gasteiger partial charge is 0.505 e. The summed E-state index contributed by atoms with van der Waals surface area (Å²) in [6.07, 6.45) is 0. The summed E-state index contributed by atoms with van der Waals surface area (Å²) < 4.78 is 13.3. The second-order valence-corrected chi connectivity index (χ2v) is 3.43. The first-order valence-electron chi connectivity index (χ1n) is 3.61. The van der Waals surface area contributed by atoms with Crippen LogP contribution in [-0.2, 0) is 0 Å². The van der Waals surface area contributed by atoms with Crippen molar-refractivity contribution >= 4 is 15.9 Å². The summed E-state index contributed by atoms with van der Waals surface area (Å²) in [6, 6.07) is 1.76. The summed E-state index contributed by atoms with van der Waals surface area (Å²) in [7, 11) is 0. The average molecular weight is 250 g/mol. The molecule has 72 valence electrons. The molecular weight excluding hydrogens is 241 g/mol. The third-order valence-corrected chi connectivity index (χ3v) is 2.37. The van der Waals surface area contributed by atoms with Crippen molar-refractivity contribution in [1.29, 1.82) is 0 Å². The quantitative estimate of drug-likeness (QED) is 0.740. The fourth-order valence-electron chi connectivity index (χ4n) is 1.00. The molecule has 0 fully saturated rings. The second-order valence-electron chi connectivity index (χ2n) is 2.58. The minimum absolute atomic E-state index is 0.183. The first-order valence-corrected chi connectivity index (χ1v) is 4.40. The summed E-state index contributed by atoms with van der Waals surface area (Å²) in [4.78, 5) is 0. The summed E-state index contributed by atoms with van der Waals surface area (Å²) in [5.74, 6) is -1.27. The van der Waals surface area contributed by atoms with Gasteiger partial charge in [-0.05, 0) is 12.1 Å². The molecule has 0 heterocycles. The molecule has 0 unspecified atom stereocenters. The zero-order valence-electron chi connectivity index (χ0n) is 6.67. The average Bonchev–Trinajstić information content (AvgIpc) is 2.12. The van der Waals surface area contributed by atoms with Crippen molar-refractivity contribution in [2.75, 3.05) is 6.61 Å². The van der Waals surface area contributed by atoms with Gasteiger partial charge in [0.05, 0.1) is 12.6 Å². The maximum atomic E-state index is 12.8. The molecular formula is C8H9BrFNO2. The Labute approximate surface area is 83.1 Å². The standard InChI is InChI=1S/C8H9BrFNO2/c9-4-1-2-5(10)8(13)7(4)6(11)3-12/h1-2,6,12-13H,3,11H2/t6-/m0/s1. The Morgan fingerprint density at radius 3 is 2.69 bits per heavy atom. The molecule has 5 heteroatoms. The van der Waals surface area contributed by atoms with Crippen LogP contribution in [0.5, 0.6) is 5.75 Å². The van der Waals surface area contributed by atoms with Crippen molar-refractivity contribution < 1.29 is 14.6 Å².